The third kappa shape index (κ3) is 3.37. The maximum atomic E-state index is 14.0. The summed E-state index contributed by atoms with van der Waals surface area (Å²) in [6, 6.07) is 0. The van der Waals surface area contributed by atoms with Gasteiger partial charge in [-0.15, -0.1) is 0 Å². The lowest BCUT2D eigenvalue weighted by molar-refractivity contribution is -0.181. The Hall–Kier alpha value is -0.240. The summed E-state index contributed by atoms with van der Waals surface area (Å²) >= 11 is 0. The second-order valence-electron chi connectivity index (χ2n) is 4.51. The third-order valence-electron chi connectivity index (χ3n) is 2.96. The molecule has 0 atom stereocenters. The van der Waals surface area contributed by atoms with Gasteiger partial charge in [-0.1, -0.05) is 0 Å². The Kier molecular flexibility index (Phi) is 6.87. The number of alkyl halides is 4. The van der Waals surface area contributed by atoms with Crippen molar-refractivity contribution >= 4 is 15.2 Å². The molecule has 142 valence electrons. The van der Waals surface area contributed by atoms with Gasteiger partial charge >= 0.3 is 27.0 Å². The Balaban J connectivity index is 3.69. The molecule has 0 aliphatic heterocycles. The Morgan fingerprint density at radius 2 is 0.875 bits per heavy atom. The van der Waals surface area contributed by atoms with E-state index in [9.17, 15) is 26.7 Å². The largest absolute Gasteiger partial charge is 0.364 e. The van der Waals surface area contributed by atoms with Crippen LogP contribution in [0.4, 0.5) is 17.6 Å². The lowest BCUT2D eigenvalue weighted by Gasteiger charge is -2.43. The summed E-state index contributed by atoms with van der Waals surface area (Å²) in [5, 5.41) is -3.29. The van der Waals surface area contributed by atoms with E-state index in [0.717, 1.165) is 0 Å². The van der Waals surface area contributed by atoms with E-state index in [2.05, 4.69) is 0 Å². The maximum Gasteiger partial charge on any atom is 0.364 e. The summed E-state index contributed by atoms with van der Waals surface area (Å²) in [6.45, 7) is 3.92. The molecule has 24 heavy (non-hydrogen) atoms. The highest BCUT2D eigenvalue weighted by atomic mass is 31.2. The zero-order chi connectivity index (χ0) is 18.8. The molecule has 0 N–H and O–H groups in total. The zero-order valence-corrected chi connectivity index (χ0v) is 15.5. The van der Waals surface area contributed by atoms with Crippen molar-refractivity contribution < 1.29 is 44.8 Å². The van der Waals surface area contributed by atoms with E-state index in [1.54, 1.807) is 0 Å². The number of hydrogen-bond acceptors (Lipinski definition) is 6. The van der Waals surface area contributed by atoms with Crippen LogP contribution >= 0.6 is 15.2 Å². The normalized spacial score (nSPS) is 20.2. The van der Waals surface area contributed by atoms with Crippen molar-refractivity contribution in [3.8, 4) is 0 Å². The first kappa shape index (κ1) is 21.8. The molecule has 0 spiro atoms. The molecule has 0 aromatic heterocycles. The molecule has 0 radical (unpaired) electrons. The van der Waals surface area contributed by atoms with Crippen LogP contribution in [0.25, 0.3) is 0 Å². The highest BCUT2D eigenvalue weighted by Crippen LogP contribution is 2.80. The summed E-state index contributed by atoms with van der Waals surface area (Å²) < 4.78 is 100. The topological polar surface area (TPSA) is 71.1 Å². The van der Waals surface area contributed by atoms with Crippen molar-refractivity contribution in [1.82, 2.24) is 0 Å². The van der Waals surface area contributed by atoms with Gasteiger partial charge in [0.2, 0.25) is 0 Å². The van der Waals surface area contributed by atoms with E-state index < -0.39 is 37.7 Å². The molecule has 0 amide bonds. The predicted octanol–water partition coefficient (Wildman–Crippen LogP) is 5.01. The van der Waals surface area contributed by atoms with Gasteiger partial charge in [0.05, 0.1) is 26.4 Å². The summed E-state index contributed by atoms with van der Waals surface area (Å²) in [5.41, 5.74) is 0. The van der Waals surface area contributed by atoms with Crippen LogP contribution < -0.4 is 0 Å². The molecular formula is C12H20F4O6P2. The zero-order valence-electron chi connectivity index (χ0n) is 13.7. The van der Waals surface area contributed by atoms with E-state index in [0.29, 0.717) is 0 Å². The maximum absolute atomic E-state index is 14.0. The highest BCUT2D eigenvalue weighted by Gasteiger charge is 2.80. The van der Waals surface area contributed by atoms with Gasteiger partial charge in [0, 0.05) is 0 Å². The van der Waals surface area contributed by atoms with Crippen molar-refractivity contribution in [2.24, 2.45) is 0 Å². The molecule has 0 aromatic carbocycles. The van der Waals surface area contributed by atoms with Crippen molar-refractivity contribution in [2.75, 3.05) is 26.4 Å². The van der Waals surface area contributed by atoms with Crippen molar-refractivity contribution in [2.45, 2.75) is 39.5 Å². The first-order valence-corrected chi connectivity index (χ1v) is 10.4. The molecule has 0 unspecified atom stereocenters. The fourth-order valence-electron chi connectivity index (χ4n) is 2.15. The summed E-state index contributed by atoms with van der Waals surface area (Å²) in [7, 11) is -9.62. The molecule has 1 aliphatic rings. The number of rotatable bonds is 10. The van der Waals surface area contributed by atoms with E-state index in [-0.39, 0.29) is 26.4 Å². The minimum Gasteiger partial charge on any atom is -0.306 e. The standard InChI is InChI=1S/C12H20F4O6P2/c1-5-19-23(17,20-6-2)9-10(12(15,16)11(9,13)14)24(18,21-7-3)22-8-4/h5-8H2,1-4H3. The summed E-state index contributed by atoms with van der Waals surface area (Å²) in [6.07, 6.45) is 0. The van der Waals surface area contributed by atoms with Crippen molar-refractivity contribution in [3.05, 3.63) is 10.6 Å². The Morgan fingerprint density at radius 1 is 0.667 bits per heavy atom. The third-order valence-corrected chi connectivity index (χ3v) is 7.63. The minimum absolute atomic E-state index is 0.344. The molecule has 0 fully saturated rings. The molecule has 0 heterocycles. The van der Waals surface area contributed by atoms with Crippen LogP contribution in [-0.2, 0) is 27.2 Å². The Morgan fingerprint density at radius 3 is 1.04 bits per heavy atom. The summed E-state index contributed by atoms with van der Waals surface area (Å²) in [4.78, 5) is 0. The van der Waals surface area contributed by atoms with Crippen molar-refractivity contribution in [3.63, 3.8) is 0 Å². The molecule has 1 rings (SSSR count). The molecule has 6 nitrogen and oxygen atoms in total. The van der Waals surface area contributed by atoms with Gasteiger partial charge in [-0.25, -0.2) is 0 Å². The van der Waals surface area contributed by atoms with E-state index in [1.165, 1.54) is 27.7 Å². The lowest BCUT2D eigenvalue weighted by Crippen LogP contribution is -2.54. The molecule has 0 bridgehead atoms. The van der Waals surface area contributed by atoms with Crippen LogP contribution in [0.3, 0.4) is 0 Å². The molecule has 12 heteroatoms. The van der Waals surface area contributed by atoms with Crippen LogP contribution in [0.2, 0.25) is 0 Å². The van der Waals surface area contributed by atoms with Gasteiger partial charge in [-0.3, -0.25) is 9.13 Å². The molecule has 1 aliphatic carbocycles. The van der Waals surface area contributed by atoms with Crippen LogP contribution in [0, 0.1) is 0 Å². The fourth-order valence-corrected chi connectivity index (χ4v) is 6.68. The van der Waals surface area contributed by atoms with E-state index in [1.807, 2.05) is 0 Å². The number of halogens is 4. The van der Waals surface area contributed by atoms with Gasteiger partial charge in [0.15, 0.2) is 0 Å². The summed E-state index contributed by atoms with van der Waals surface area (Å²) in [5.74, 6) is -9.71. The Labute approximate surface area is 137 Å². The number of hydrogen-bond donors (Lipinski definition) is 0. The fraction of sp³-hybridized carbons (Fsp3) is 0.833. The first-order valence-electron chi connectivity index (χ1n) is 7.28. The van der Waals surface area contributed by atoms with Gasteiger partial charge in [-0.05, 0) is 27.7 Å². The van der Waals surface area contributed by atoms with E-state index >= 15 is 0 Å². The predicted molar refractivity (Wildman–Crippen MR) is 78.6 cm³/mol. The average molecular weight is 398 g/mol. The van der Waals surface area contributed by atoms with Crippen LogP contribution in [0.1, 0.15) is 27.7 Å². The highest BCUT2D eigenvalue weighted by molar-refractivity contribution is 7.63. The van der Waals surface area contributed by atoms with Gasteiger partial charge in [-0.2, -0.15) is 17.6 Å². The van der Waals surface area contributed by atoms with Crippen LogP contribution in [0.5, 0.6) is 0 Å². The SMILES string of the molecule is CCOP(=O)(OCC)C1=C(P(=O)(OCC)OCC)C(F)(F)C1(F)F. The lowest BCUT2D eigenvalue weighted by atomic mass is 10.00. The van der Waals surface area contributed by atoms with E-state index in [4.69, 9.17) is 18.1 Å². The monoisotopic (exact) mass is 398 g/mol. The molecular weight excluding hydrogens is 378 g/mol. The van der Waals surface area contributed by atoms with Crippen molar-refractivity contribution in [1.29, 1.82) is 0 Å². The van der Waals surface area contributed by atoms with Gasteiger partial charge in [0.25, 0.3) is 0 Å². The van der Waals surface area contributed by atoms with Crippen LogP contribution in [0.15, 0.2) is 10.6 Å². The quantitative estimate of drug-likeness (QED) is 0.380. The second kappa shape index (κ2) is 7.56. The minimum atomic E-state index is -4.86. The smallest absolute Gasteiger partial charge is 0.306 e. The molecule has 0 aromatic rings. The molecule has 0 saturated carbocycles. The van der Waals surface area contributed by atoms with Gasteiger partial charge in [0.1, 0.15) is 10.6 Å². The Bertz CT molecular complexity index is 522. The second-order valence-corrected chi connectivity index (χ2v) is 8.43. The average Bonchev–Trinajstić information content (AvgIpc) is 2.44. The molecule has 0 saturated heterocycles. The van der Waals surface area contributed by atoms with Crippen LogP contribution in [-0.4, -0.2) is 38.3 Å². The first-order chi connectivity index (χ1) is 11.0. The van der Waals surface area contributed by atoms with Gasteiger partial charge < -0.3 is 18.1 Å². The number of allylic oxidation sites excluding steroid dienone is 2.